The van der Waals surface area contributed by atoms with Crippen molar-refractivity contribution in [2.45, 2.75) is 11.8 Å². The molecule has 0 fully saturated rings. The zero-order chi connectivity index (χ0) is 23.4. The van der Waals surface area contributed by atoms with Crippen LogP contribution in [-0.4, -0.2) is 24.3 Å². The van der Waals surface area contributed by atoms with Crippen LogP contribution in [-0.2, 0) is 0 Å². The van der Waals surface area contributed by atoms with Crippen LogP contribution in [0.5, 0.6) is 5.75 Å². The lowest BCUT2D eigenvalue weighted by Crippen LogP contribution is -2.13. The molecule has 3 aromatic carbocycles. The van der Waals surface area contributed by atoms with Crippen molar-refractivity contribution < 1.29 is 9.53 Å². The van der Waals surface area contributed by atoms with Gasteiger partial charge in [0, 0.05) is 27.9 Å². The maximum atomic E-state index is 13.4. The van der Waals surface area contributed by atoms with E-state index in [1.54, 1.807) is 37.2 Å². The third-order valence-electron chi connectivity index (χ3n) is 5.36. The van der Waals surface area contributed by atoms with Gasteiger partial charge in [0.15, 0.2) is 0 Å². The van der Waals surface area contributed by atoms with Crippen LogP contribution in [0.15, 0.2) is 83.9 Å². The number of anilines is 1. The van der Waals surface area contributed by atoms with Crippen molar-refractivity contribution in [3.05, 3.63) is 95.1 Å². The summed E-state index contributed by atoms with van der Waals surface area (Å²) in [6.07, 6.45) is 3.74. The summed E-state index contributed by atoms with van der Waals surface area (Å²) >= 11 is 8.04. The maximum absolute atomic E-state index is 13.4. The Morgan fingerprint density at radius 2 is 1.82 bits per heavy atom. The highest BCUT2D eigenvalue weighted by Crippen LogP contribution is 2.34. The fraction of sp³-hybridized carbons (Fsp3) is 0.111. The van der Waals surface area contributed by atoms with E-state index in [0.717, 1.165) is 38.6 Å². The molecule has 4 aromatic rings. The summed E-state index contributed by atoms with van der Waals surface area (Å²) in [7, 11) is 1.65. The van der Waals surface area contributed by atoms with Gasteiger partial charge >= 0.3 is 0 Å². The zero-order valence-corrected chi connectivity index (χ0v) is 20.1. The maximum Gasteiger partial charge on any atom is 0.256 e. The monoisotopic (exact) mass is 474 g/mol. The van der Waals surface area contributed by atoms with Gasteiger partial charge in [-0.2, -0.15) is 0 Å². The molecule has 4 rings (SSSR count). The summed E-state index contributed by atoms with van der Waals surface area (Å²) in [5, 5.41) is 3.60. The smallest absolute Gasteiger partial charge is 0.256 e. The standard InChI is InChI=1S/C27H23ClN2O2S/c1-17-14-19(32-2)8-10-21(17)23-16-20(33-3)9-11-22(23)27(31)30-18-7-12-25(28)24(15-18)26-6-4-5-13-29-26/h4-16H,1-3H3,(H,30,31). The third-order valence-corrected chi connectivity index (χ3v) is 6.42. The number of aromatic nitrogens is 1. The second kappa shape index (κ2) is 10.1. The fourth-order valence-corrected chi connectivity index (χ4v) is 4.31. The number of nitrogens with zero attached hydrogens (tertiary/aromatic N) is 1. The third kappa shape index (κ3) is 5.05. The van der Waals surface area contributed by atoms with Gasteiger partial charge in [0.05, 0.1) is 17.8 Å². The average molecular weight is 475 g/mol. The molecule has 0 saturated carbocycles. The minimum atomic E-state index is -0.192. The van der Waals surface area contributed by atoms with Crippen LogP contribution in [0.2, 0.25) is 5.02 Å². The highest BCUT2D eigenvalue weighted by Gasteiger charge is 2.17. The number of amides is 1. The van der Waals surface area contributed by atoms with E-state index in [1.807, 2.05) is 67.8 Å². The van der Waals surface area contributed by atoms with Crippen LogP contribution >= 0.6 is 23.4 Å². The topological polar surface area (TPSA) is 51.2 Å². The van der Waals surface area contributed by atoms with E-state index in [-0.39, 0.29) is 5.91 Å². The SMILES string of the molecule is COc1ccc(-c2cc(SC)ccc2C(=O)Nc2ccc(Cl)c(-c3ccccn3)c2)c(C)c1. The Balaban J connectivity index is 1.71. The lowest BCUT2D eigenvalue weighted by molar-refractivity contribution is 0.102. The molecule has 0 aliphatic carbocycles. The summed E-state index contributed by atoms with van der Waals surface area (Å²) < 4.78 is 5.35. The minimum Gasteiger partial charge on any atom is -0.497 e. The van der Waals surface area contributed by atoms with Gasteiger partial charge in [0.25, 0.3) is 5.91 Å². The predicted octanol–water partition coefficient (Wildman–Crippen LogP) is 7.36. The largest absolute Gasteiger partial charge is 0.497 e. The quantitative estimate of drug-likeness (QED) is 0.296. The highest BCUT2D eigenvalue weighted by atomic mass is 35.5. The van der Waals surface area contributed by atoms with Crippen LogP contribution in [0.3, 0.4) is 0 Å². The van der Waals surface area contributed by atoms with E-state index in [4.69, 9.17) is 16.3 Å². The fourth-order valence-electron chi connectivity index (χ4n) is 3.66. The molecule has 0 saturated heterocycles. The molecule has 0 spiro atoms. The van der Waals surface area contributed by atoms with Crippen molar-refractivity contribution >= 4 is 35.0 Å². The first-order valence-electron chi connectivity index (χ1n) is 10.4. The molecule has 0 bridgehead atoms. The predicted molar refractivity (Wildman–Crippen MR) is 138 cm³/mol. The first-order chi connectivity index (χ1) is 16.0. The first kappa shape index (κ1) is 22.9. The van der Waals surface area contributed by atoms with E-state index < -0.39 is 0 Å². The summed E-state index contributed by atoms with van der Waals surface area (Å²) in [5.41, 5.74) is 5.65. The summed E-state index contributed by atoms with van der Waals surface area (Å²) in [5.74, 6) is 0.591. The molecule has 166 valence electrons. The molecule has 0 atom stereocenters. The van der Waals surface area contributed by atoms with Crippen molar-refractivity contribution in [1.82, 2.24) is 4.98 Å². The number of carbonyl (C=O) groups is 1. The van der Waals surface area contributed by atoms with E-state index in [9.17, 15) is 4.79 Å². The molecule has 1 heterocycles. The number of rotatable bonds is 6. The van der Waals surface area contributed by atoms with Crippen molar-refractivity contribution in [2.75, 3.05) is 18.7 Å². The molecule has 0 unspecified atom stereocenters. The van der Waals surface area contributed by atoms with E-state index in [1.165, 1.54) is 0 Å². The van der Waals surface area contributed by atoms with Gasteiger partial charge in [-0.15, -0.1) is 11.8 Å². The van der Waals surface area contributed by atoms with Crippen molar-refractivity contribution in [3.8, 4) is 28.1 Å². The molecule has 1 aromatic heterocycles. The van der Waals surface area contributed by atoms with E-state index >= 15 is 0 Å². The van der Waals surface area contributed by atoms with Gasteiger partial charge in [0.2, 0.25) is 0 Å². The number of hydrogen-bond donors (Lipinski definition) is 1. The van der Waals surface area contributed by atoms with Crippen LogP contribution in [0.25, 0.3) is 22.4 Å². The molecule has 1 N–H and O–H groups in total. The highest BCUT2D eigenvalue weighted by molar-refractivity contribution is 7.98. The molecule has 6 heteroatoms. The number of ether oxygens (including phenoxy) is 1. The lowest BCUT2D eigenvalue weighted by Gasteiger charge is -2.15. The van der Waals surface area contributed by atoms with Crippen LogP contribution < -0.4 is 10.1 Å². The van der Waals surface area contributed by atoms with E-state index in [2.05, 4.69) is 16.4 Å². The van der Waals surface area contributed by atoms with Crippen LogP contribution in [0, 0.1) is 6.92 Å². The van der Waals surface area contributed by atoms with Crippen LogP contribution in [0.4, 0.5) is 5.69 Å². The van der Waals surface area contributed by atoms with Gasteiger partial charge in [-0.1, -0.05) is 23.7 Å². The number of methoxy groups -OCH3 is 1. The first-order valence-corrected chi connectivity index (χ1v) is 12.0. The van der Waals surface area contributed by atoms with E-state index in [0.29, 0.717) is 16.3 Å². The Hall–Kier alpha value is -3.28. The Labute approximate surface area is 203 Å². The second-order valence-electron chi connectivity index (χ2n) is 7.46. The Bertz CT molecular complexity index is 1310. The number of halogens is 1. The summed E-state index contributed by atoms with van der Waals surface area (Å²) in [4.78, 5) is 18.8. The molecule has 0 radical (unpaired) electrons. The normalized spacial score (nSPS) is 10.7. The molecular weight excluding hydrogens is 452 g/mol. The molecule has 0 aliphatic rings. The van der Waals surface area contributed by atoms with Crippen LogP contribution in [0.1, 0.15) is 15.9 Å². The van der Waals surface area contributed by atoms with Gasteiger partial charge < -0.3 is 10.1 Å². The number of carbonyl (C=O) groups excluding carboxylic acids is 1. The second-order valence-corrected chi connectivity index (χ2v) is 8.74. The number of pyridine rings is 1. The summed E-state index contributed by atoms with van der Waals surface area (Å²) in [6.45, 7) is 2.02. The minimum absolute atomic E-state index is 0.192. The number of benzene rings is 3. The Kier molecular flexibility index (Phi) is 7.02. The van der Waals surface area contributed by atoms with Gasteiger partial charge in [-0.3, -0.25) is 9.78 Å². The zero-order valence-electron chi connectivity index (χ0n) is 18.6. The van der Waals surface area contributed by atoms with Gasteiger partial charge in [-0.05, 0) is 90.5 Å². The van der Waals surface area contributed by atoms with Gasteiger partial charge in [0.1, 0.15) is 5.75 Å². The molecule has 0 aliphatic heterocycles. The van der Waals surface area contributed by atoms with Gasteiger partial charge in [-0.25, -0.2) is 0 Å². The number of thioether (sulfide) groups is 1. The summed E-state index contributed by atoms with van der Waals surface area (Å²) in [6, 6.07) is 22.8. The molecule has 1 amide bonds. The molecule has 4 nitrogen and oxygen atoms in total. The van der Waals surface area contributed by atoms with Crippen molar-refractivity contribution in [1.29, 1.82) is 0 Å². The number of aryl methyl sites for hydroxylation is 1. The number of nitrogens with one attached hydrogen (secondary N) is 1. The Morgan fingerprint density at radius 1 is 0.970 bits per heavy atom. The number of hydrogen-bond acceptors (Lipinski definition) is 4. The average Bonchev–Trinajstić information content (AvgIpc) is 2.85. The van der Waals surface area contributed by atoms with Crippen molar-refractivity contribution in [3.63, 3.8) is 0 Å². The molecular formula is C27H23ClN2O2S. The Morgan fingerprint density at radius 3 is 2.52 bits per heavy atom. The molecule has 33 heavy (non-hydrogen) atoms. The lowest BCUT2D eigenvalue weighted by atomic mass is 9.95. The van der Waals surface area contributed by atoms with Crippen molar-refractivity contribution in [2.24, 2.45) is 0 Å².